The van der Waals surface area contributed by atoms with Crippen LogP contribution in [-0.2, 0) is 0 Å². The number of rotatable bonds is 7. The number of carbonyl (C=O) groups is 1. The first-order chi connectivity index (χ1) is 12.1. The maximum Gasteiger partial charge on any atom is 0.231 e. The summed E-state index contributed by atoms with van der Waals surface area (Å²) < 4.78 is 10.5. The van der Waals surface area contributed by atoms with E-state index in [-0.39, 0.29) is 25.5 Å². The number of ether oxygens (including phenoxy) is 2. The van der Waals surface area contributed by atoms with E-state index in [0.29, 0.717) is 17.1 Å². The second-order valence-electron chi connectivity index (χ2n) is 5.74. The number of carbonyl (C=O) groups excluding carboxylic acids is 1. The molecule has 0 N–H and O–H groups in total. The largest absolute Gasteiger partial charge is 0.454 e. The lowest BCUT2D eigenvalue weighted by Crippen LogP contribution is -2.16. The van der Waals surface area contributed by atoms with Gasteiger partial charge in [-0.25, -0.2) is 0 Å². The number of nitrogens with zero attached hydrogens (tertiary/aromatic N) is 1. The third-order valence-electron chi connectivity index (χ3n) is 3.89. The molecule has 0 saturated heterocycles. The molecule has 1 heterocycles. The quantitative estimate of drug-likeness (QED) is 0.437. The highest BCUT2D eigenvalue weighted by Gasteiger charge is 2.20. The molecule has 0 fully saturated rings. The number of hydrogen-bond acceptors (Lipinski definition) is 5. The van der Waals surface area contributed by atoms with Crippen molar-refractivity contribution in [2.24, 2.45) is 5.92 Å². The molecule has 0 saturated carbocycles. The molecular formula is C19H17NO5. The molecule has 25 heavy (non-hydrogen) atoms. The van der Waals surface area contributed by atoms with Gasteiger partial charge in [-0.05, 0) is 23.8 Å². The first-order valence-corrected chi connectivity index (χ1v) is 7.90. The van der Waals surface area contributed by atoms with Gasteiger partial charge in [-0.15, -0.1) is 0 Å². The van der Waals surface area contributed by atoms with E-state index < -0.39 is 10.8 Å². The topological polar surface area (TPSA) is 78.7 Å². The summed E-state index contributed by atoms with van der Waals surface area (Å²) in [4.78, 5) is 23.0. The third kappa shape index (κ3) is 4.44. The van der Waals surface area contributed by atoms with Crippen molar-refractivity contribution in [3.63, 3.8) is 0 Å². The number of Topliss-reactive ketones (excluding diaryl/α,β-unsaturated/α-hetero) is 1. The smallest absolute Gasteiger partial charge is 0.231 e. The Morgan fingerprint density at radius 1 is 1.16 bits per heavy atom. The summed E-state index contributed by atoms with van der Waals surface area (Å²) in [5.41, 5.74) is 1.40. The number of hydrogen-bond donors (Lipinski definition) is 0. The van der Waals surface area contributed by atoms with Crippen molar-refractivity contribution in [1.29, 1.82) is 0 Å². The molecule has 3 rings (SSSR count). The van der Waals surface area contributed by atoms with Crippen molar-refractivity contribution in [3.8, 4) is 11.5 Å². The van der Waals surface area contributed by atoms with Crippen LogP contribution >= 0.6 is 0 Å². The molecule has 1 atom stereocenters. The van der Waals surface area contributed by atoms with Gasteiger partial charge in [-0.2, -0.15) is 0 Å². The van der Waals surface area contributed by atoms with E-state index in [4.69, 9.17) is 9.47 Å². The second-order valence-corrected chi connectivity index (χ2v) is 5.74. The summed E-state index contributed by atoms with van der Waals surface area (Å²) in [6.45, 7) is -0.156. The molecule has 1 unspecified atom stereocenters. The van der Waals surface area contributed by atoms with Gasteiger partial charge in [0.05, 0.1) is 0 Å². The van der Waals surface area contributed by atoms with Crippen LogP contribution in [-0.4, -0.2) is 24.0 Å². The maximum atomic E-state index is 12.5. The number of benzene rings is 2. The Labute approximate surface area is 144 Å². The Hall–Kier alpha value is -3.15. The van der Waals surface area contributed by atoms with Crippen molar-refractivity contribution in [3.05, 3.63) is 75.8 Å². The Morgan fingerprint density at radius 3 is 2.68 bits per heavy atom. The van der Waals surface area contributed by atoms with Crippen molar-refractivity contribution < 1.29 is 19.2 Å². The minimum Gasteiger partial charge on any atom is -0.454 e. The van der Waals surface area contributed by atoms with Crippen LogP contribution in [0.5, 0.6) is 11.5 Å². The molecule has 0 aliphatic carbocycles. The highest BCUT2D eigenvalue weighted by atomic mass is 16.7. The molecule has 0 radical (unpaired) electrons. The standard InChI is InChI=1S/C19H17NO5/c21-17(16-8-9-18-19(11-16)25-13-24-18)10-15(12-20(22)23)7-6-14-4-2-1-3-5-14/h1-9,11,15H,10,12-13H2/b7-6+. The highest BCUT2D eigenvalue weighted by molar-refractivity contribution is 5.97. The first-order valence-electron chi connectivity index (χ1n) is 7.90. The van der Waals surface area contributed by atoms with Crippen molar-refractivity contribution in [2.45, 2.75) is 6.42 Å². The third-order valence-corrected chi connectivity index (χ3v) is 3.89. The number of nitro groups is 1. The summed E-state index contributed by atoms with van der Waals surface area (Å²) in [6.07, 6.45) is 3.59. The molecule has 1 aliphatic heterocycles. The maximum absolute atomic E-state index is 12.5. The Morgan fingerprint density at radius 2 is 1.92 bits per heavy atom. The Bertz CT molecular complexity index is 801. The summed E-state index contributed by atoms with van der Waals surface area (Å²) >= 11 is 0. The van der Waals surface area contributed by atoms with E-state index in [2.05, 4.69) is 0 Å². The molecule has 2 aromatic carbocycles. The molecule has 128 valence electrons. The van der Waals surface area contributed by atoms with Crippen LogP contribution in [0.4, 0.5) is 0 Å². The highest BCUT2D eigenvalue weighted by Crippen LogP contribution is 2.33. The van der Waals surface area contributed by atoms with Gasteiger partial charge < -0.3 is 9.47 Å². The zero-order chi connectivity index (χ0) is 17.6. The lowest BCUT2D eigenvalue weighted by atomic mass is 9.97. The van der Waals surface area contributed by atoms with Crippen LogP contribution < -0.4 is 9.47 Å². The van der Waals surface area contributed by atoms with E-state index in [9.17, 15) is 14.9 Å². The van der Waals surface area contributed by atoms with Crippen molar-refractivity contribution >= 4 is 11.9 Å². The zero-order valence-electron chi connectivity index (χ0n) is 13.5. The lowest BCUT2D eigenvalue weighted by Gasteiger charge is -2.08. The van der Waals surface area contributed by atoms with Gasteiger partial charge in [-0.1, -0.05) is 42.5 Å². The summed E-state index contributed by atoms with van der Waals surface area (Å²) in [6, 6.07) is 14.4. The lowest BCUT2D eigenvalue weighted by molar-refractivity contribution is -0.485. The Kier molecular flexibility index (Phi) is 5.09. The summed E-state index contributed by atoms with van der Waals surface area (Å²) in [7, 11) is 0. The van der Waals surface area contributed by atoms with E-state index in [1.54, 1.807) is 30.4 Å². The van der Waals surface area contributed by atoms with Gasteiger partial charge in [0, 0.05) is 22.8 Å². The van der Waals surface area contributed by atoms with E-state index in [1.165, 1.54) is 0 Å². The number of ketones is 1. The van der Waals surface area contributed by atoms with Gasteiger partial charge in [0.15, 0.2) is 17.3 Å². The van der Waals surface area contributed by atoms with Crippen LogP contribution in [0.15, 0.2) is 54.6 Å². The molecule has 6 nitrogen and oxygen atoms in total. The SMILES string of the molecule is O=C(CC(/C=C/c1ccccc1)C[N+](=O)[O-])c1ccc2c(c1)OCO2. The van der Waals surface area contributed by atoms with Gasteiger partial charge in [0.25, 0.3) is 0 Å². The van der Waals surface area contributed by atoms with Crippen molar-refractivity contribution in [2.75, 3.05) is 13.3 Å². The molecule has 0 bridgehead atoms. The van der Waals surface area contributed by atoms with Crippen molar-refractivity contribution in [1.82, 2.24) is 0 Å². The van der Waals surface area contributed by atoms with Gasteiger partial charge >= 0.3 is 0 Å². The molecule has 0 spiro atoms. The minimum atomic E-state index is -0.479. The summed E-state index contributed by atoms with van der Waals surface area (Å²) in [5, 5.41) is 10.9. The molecule has 1 aliphatic rings. The number of fused-ring (bicyclic) bond motifs is 1. The molecular weight excluding hydrogens is 322 g/mol. The van der Waals surface area contributed by atoms with E-state index >= 15 is 0 Å². The monoisotopic (exact) mass is 339 g/mol. The molecule has 0 amide bonds. The molecule has 0 aromatic heterocycles. The second kappa shape index (κ2) is 7.61. The van der Waals surface area contributed by atoms with Crippen LogP contribution in [0, 0.1) is 16.0 Å². The van der Waals surface area contributed by atoms with E-state index in [0.717, 1.165) is 5.56 Å². The predicted molar refractivity (Wildman–Crippen MR) is 92.3 cm³/mol. The van der Waals surface area contributed by atoms with Gasteiger partial charge in [0.2, 0.25) is 13.3 Å². The van der Waals surface area contributed by atoms with Crippen LogP contribution in [0.3, 0.4) is 0 Å². The van der Waals surface area contributed by atoms with E-state index in [1.807, 2.05) is 30.3 Å². The predicted octanol–water partition coefficient (Wildman–Crippen LogP) is 3.59. The molecule has 2 aromatic rings. The normalized spacial score (nSPS) is 13.8. The van der Waals surface area contributed by atoms with Crippen LogP contribution in [0.25, 0.3) is 6.08 Å². The average Bonchev–Trinajstić information content (AvgIpc) is 3.07. The van der Waals surface area contributed by atoms with Crippen LogP contribution in [0.2, 0.25) is 0 Å². The average molecular weight is 339 g/mol. The summed E-state index contributed by atoms with van der Waals surface area (Å²) in [5.74, 6) is 0.481. The van der Waals surface area contributed by atoms with Gasteiger partial charge in [-0.3, -0.25) is 14.9 Å². The zero-order valence-corrected chi connectivity index (χ0v) is 13.5. The fraction of sp³-hybridized carbons (Fsp3) is 0.211. The fourth-order valence-electron chi connectivity index (χ4n) is 2.62. The first kappa shape index (κ1) is 16.7. The fourth-order valence-corrected chi connectivity index (χ4v) is 2.62. The van der Waals surface area contributed by atoms with Gasteiger partial charge in [0.1, 0.15) is 0 Å². The van der Waals surface area contributed by atoms with Crippen LogP contribution in [0.1, 0.15) is 22.3 Å². The molecule has 6 heteroatoms. The Balaban J connectivity index is 1.72. The minimum absolute atomic E-state index is 0.0595.